The van der Waals surface area contributed by atoms with Gasteiger partial charge in [-0.05, 0) is 47.9 Å². The predicted octanol–water partition coefficient (Wildman–Crippen LogP) is 5.43. The number of anilines is 2. The summed E-state index contributed by atoms with van der Waals surface area (Å²) < 4.78 is 0. The molecule has 1 nitrogen and oxygen atoms in total. The van der Waals surface area contributed by atoms with Crippen molar-refractivity contribution in [1.29, 1.82) is 0 Å². The van der Waals surface area contributed by atoms with Gasteiger partial charge in [-0.1, -0.05) is 54.6 Å². The standard InChI is InChI=1S/C20H19N/c1-16-8-6-12-19(14-16)21(2)20-13-7-11-18(15-20)17-9-4-3-5-10-17/h3-15H,1-2H3. The van der Waals surface area contributed by atoms with Crippen molar-refractivity contribution in [3.8, 4) is 11.1 Å². The van der Waals surface area contributed by atoms with E-state index in [4.69, 9.17) is 0 Å². The van der Waals surface area contributed by atoms with Crippen molar-refractivity contribution in [3.63, 3.8) is 0 Å². The van der Waals surface area contributed by atoms with E-state index in [-0.39, 0.29) is 0 Å². The van der Waals surface area contributed by atoms with E-state index in [1.165, 1.54) is 28.1 Å². The molecule has 0 aliphatic carbocycles. The molecule has 0 amide bonds. The molecule has 0 bridgehead atoms. The highest BCUT2D eigenvalue weighted by Gasteiger charge is 2.05. The van der Waals surface area contributed by atoms with Gasteiger partial charge in [-0.2, -0.15) is 0 Å². The lowest BCUT2D eigenvalue weighted by atomic mass is 10.0. The molecule has 0 saturated heterocycles. The molecule has 104 valence electrons. The number of aryl methyl sites for hydroxylation is 1. The first-order valence-electron chi connectivity index (χ1n) is 7.20. The lowest BCUT2D eigenvalue weighted by Crippen LogP contribution is -2.09. The zero-order valence-corrected chi connectivity index (χ0v) is 12.5. The van der Waals surface area contributed by atoms with Gasteiger partial charge in [-0.3, -0.25) is 0 Å². The first kappa shape index (κ1) is 13.4. The van der Waals surface area contributed by atoms with Crippen LogP contribution in [0.2, 0.25) is 0 Å². The van der Waals surface area contributed by atoms with E-state index in [0.717, 1.165) is 0 Å². The van der Waals surface area contributed by atoms with E-state index in [0.29, 0.717) is 0 Å². The Hall–Kier alpha value is -2.54. The lowest BCUT2D eigenvalue weighted by molar-refractivity contribution is 1.20. The highest BCUT2D eigenvalue weighted by Crippen LogP contribution is 2.28. The maximum absolute atomic E-state index is 2.23. The van der Waals surface area contributed by atoms with Crippen LogP contribution in [0, 0.1) is 6.92 Å². The third-order valence-corrected chi connectivity index (χ3v) is 3.73. The highest BCUT2D eigenvalue weighted by molar-refractivity contribution is 5.72. The second-order valence-electron chi connectivity index (χ2n) is 5.31. The molecular weight excluding hydrogens is 254 g/mol. The number of benzene rings is 3. The zero-order chi connectivity index (χ0) is 14.7. The molecule has 0 aliphatic rings. The van der Waals surface area contributed by atoms with Crippen molar-refractivity contribution in [2.24, 2.45) is 0 Å². The van der Waals surface area contributed by atoms with Crippen LogP contribution < -0.4 is 4.90 Å². The predicted molar refractivity (Wildman–Crippen MR) is 91.1 cm³/mol. The summed E-state index contributed by atoms with van der Waals surface area (Å²) in [6.45, 7) is 2.12. The second-order valence-corrected chi connectivity index (χ2v) is 5.31. The Morgan fingerprint density at radius 1 is 0.619 bits per heavy atom. The van der Waals surface area contributed by atoms with Crippen molar-refractivity contribution in [2.45, 2.75) is 6.92 Å². The monoisotopic (exact) mass is 273 g/mol. The summed E-state index contributed by atoms with van der Waals surface area (Å²) >= 11 is 0. The van der Waals surface area contributed by atoms with Gasteiger partial charge in [0.2, 0.25) is 0 Å². The van der Waals surface area contributed by atoms with Crippen molar-refractivity contribution < 1.29 is 0 Å². The summed E-state index contributed by atoms with van der Waals surface area (Å²) in [5, 5.41) is 0. The summed E-state index contributed by atoms with van der Waals surface area (Å²) in [6.07, 6.45) is 0. The van der Waals surface area contributed by atoms with Gasteiger partial charge in [-0.15, -0.1) is 0 Å². The second kappa shape index (κ2) is 5.84. The molecule has 0 aliphatic heterocycles. The molecule has 0 aromatic heterocycles. The van der Waals surface area contributed by atoms with Crippen molar-refractivity contribution in [2.75, 3.05) is 11.9 Å². The first-order valence-corrected chi connectivity index (χ1v) is 7.20. The average Bonchev–Trinajstić information content (AvgIpc) is 2.55. The summed E-state index contributed by atoms with van der Waals surface area (Å²) in [5.41, 5.74) is 6.17. The minimum atomic E-state index is 1.20. The highest BCUT2D eigenvalue weighted by atomic mass is 15.1. The maximum Gasteiger partial charge on any atom is 0.0414 e. The van der Waals surface area contributed by atoms with Crippen molar-refractivity contribution in [1.82, 2.24) is 0 Å². The molecule has 0 unspecified atom stereocenters. The molecule has 3 aromatic carbocycles. The maximum atomic E-state index is 2.23. The van der Waals surface area contributed by atoms with Crippen LogP contribution in [0.3, 0.4) is 0 Å². The quantitative estimate of drug-likeness (QED) is 0.615. The minimum Gasteiger partial charge on any atom is -0.345 e. The summed E-state index contributed by atoms with van der Waals surface area (Å²) in [7, 11) is 2.11. The van der Waals surface area contributed by atoms with Gasteiger partial charge in [-0.25, -0.2) is 0 Å². The number of rotatable bonds is 3. The topological polar surface area (TPSA) is 3.24 Å². The number of nitrogens with zero attached hydrogens (tertiary/aromatic N) is 1. The van der Waals surface area contributed by atoms with Crippen LogP contribution in [0.5, 0.6) is 0 Å². The summed E-state index contributed by atoms with van der Waals surface area (Å²) in [5.74, 6) is 0. The molecule has 1 heteroatoms. The van der Waals surface area contributed by atoms with Crippen LogP contribution in [-0.2, 0) is 0 Å². The Kier molecular flexibility index (Phi) is 3.74. The third-order valence-electron chi connectivity index (χ3n) is 3.73. The average molecular weight is 273 g/mol. The Labute approximate surface area is 126 Å². The van der Waals surface area contributed by atoms with Gasteiger partial charge in [0.05, 0.1) is 0 Å². The smallest absolute Gasteiger partial charge is 0.0414 e. The molecule has 3 aromatic rings. The Balaban J connectivity index is 1.96. The molecule has 0 atom stereocenters. The Morgan fingerprint density at radius 2 is 1.24 bits per heavy atom. The molecule has 3 rings (SSSR count). The van der Waals surface area contributed by atoms with E-state index < -0.39 is 0 Å². The van der Waals surface area contributed by atoms with Crippen LogP contribution in [0.25, 0.3) is 11.1 Å². The van der Waals surface area contributed by atoms with E-state index in [2.05, 4.69) is 91.7 Å². The molecule has 0 fully saturated rings. The molecule has 0 saturated carbocycles. The van der Waals surface area contributed by atoms with Gasteiger partial charge in [0.1, 0.15) is 0 Å². The molecule has 21 heavy (non-hydrogen) atoms. The van der Waals surface area contributed by atoms with Gasteiger partial charge in [0.25, 0.3) is 0 Å². The van der Waals surface area contributed by atoms with E-state index in [1.807, 2.05) is 6.07 Å². The first-order chi connectivity index (χ1) is 10.2. The summed E-state index contributed by atoms with van der Waals surface area (Å²) in [6, 6.07) is 27.7. The van der Waals surface area contributed by atoms with Gasteiger partial charge >= 0.3 is 0 Å². The van der Waals surface area contributed by atoms with Gasteiger partial charge in [0, 0.05) is 18.4 Å². The Bertz CT molecular complexity index is 732. The molecule has 0 spiro atoms. The SMILES string of the molecule is Cc1cccc(N(C)c2cccc(-c3ccccc3)c2)c1. The van der Waals surface area contributed by atoms with Crippen LogP contribution >= 0.6 is 0 Å². The largest absolute Gasteiger partial charge is 0.345 e. The van der Waals surface area contributed by atoms with Gasteiger partial charge < -0.3 is 4.90 Å². The molecule has 0 radical (unpaired) electrons. The minimum absolute atomic E-state index is 1.20. The number of hydrogen-bond acceptors (Lipinski definition) is 1. The molecular formula is C20H19N. The molecule has 0 N–H and O–H groups in total. The van der Waals surface area contributed by atoms with Crippen LogP contribution in [0.1, 0.15) is 5.56 Å². The fourth-order valence-electron chi connectivity index (χ4n) is 2.51. The Morgan fingerprint density at radius 3 is 1.95 bits per heavy atom. The molecule has 0 heterocycles. The number of hydrogen-bond donors (Lipinski definition) is 0. The van der Waals surface area contributed by atoms with Crippen molar-refractivity contribution in [3.05, 3.63) is 84.4 Å². The van der Waals surface area contributed by atoms with Crippen LogP contribution in [-0.4, -0.2) is 7.05 Å². The fourth-order valence-corrected chi connectivity index (χ4v) is 2.51. The van der Waals surface area contributed by atoms with Crippen LogP contribution in [0.4, 0.5) is 11.4 Å². The third kappa shape index (κ3) is 2.97. The summed E-state index contributed by atoms with van der Waals surface area (Å²) in [4.78, 5) is 2.22. The lowest BCUT2D eigenvalue weighted by Gasteiger charge is -2.20. The van der Waals surface area contributed by atoms with Gasteiger partial charge in [0.15, 0.2) is 0 Å². The van der Waals surface area contributed by atoms with Crippen LogP contribution in [0.15, 0.2) is 78.9 Å². The normalized spacial score (nSPS) is 10.4. The zero-order valence-electron chi connectivity index (χ0n) is 12.5. The van der Waals surface area contributed by atoms with E-state index >= 15 is 0 Å². The van der Waals surface area contributed by atoms with Crippen molar-refractivity contribution >= 4 is 11.4 Å². The van der Waals surface area contributed by atoms with E-state index in [9.17, 15) is 0 Å². The van der Waals surface area contributed by atoms with E-state index in [1.54, 1.807) is 0 Å². The fraction of sp³-hybridized carbons (Fsp3) is 0.100.